The highest BCUT2D eigenvalue weighted by molar-refractivity contribution is 5.95. The molecule has 0 unspecified atom stereocenters. The number of hydrogen-bond acceptors (Lipinski definition) is 3. The van der Waals surface area contributed by atoms with Crippen LogP contribution < -0.4 is 10.5 Å². The molecule has 1 aromatic rings. The van der Waals surface area contributed by atoms with Gasteiger partial charge in [0.05, 0.1) is 0 Å². The quantitative estimate of drug-likeness (QED) is 0.909. The number of carbonyl (C=O) groups is 1. The maximum Gasteiger partial charge on any atom is 0.249 e. The van der Waals surface area contributed by atoms with Gasteiger partial charge in [0.2, 0.25) is 5.91 Å². The number of halogens is 1. The highest BCUT2D eigenvalue weighted by Crippen LogP contribution is 2.35. The smallest absolute Gasteiger partial charge is 0.249 e. The molecule has 0 bridgehead atoms. The van der Waals surface area contributed by atoms with E-state index in [2.05, 4.69) is 11.8 Å². The Morgan fingerprint density at radius 2 is 2.18 bits per heavy atom. The molecule has 1 aliphatic heterocycles. The van der Waals surface area contributed by atoms with Crippen molar-refractivity contribution in [3.8, 4) is 5.75 Å². The maximum absolute atomic E-state index is 13.9. The largest absolute Gasteiger partial charge is 0.489 e. The first-order valence-electron chi connectivity index (χ1n) is 8.11. The summed E-state index contributed by atoms with van der Waals surface area (Å²) >= 11 is 0. The Morgan fingerprint density at radius 1 is 1.41 bits per heavy atom. The summed E-state index contributed by atoms with van der Waals surface area (Å²) in [5.41, 5.74) is 6.44. The van der Waals surface area contributed by atoms with E-state index in [1.807, 2.05) is 0 Å². The van der Waals surface area contributed by atoms with Gasteiger partial charge in [-0.2, -0.15) is 0 Å². The minimum atomic E-state index is -0.522. The van der Waals surface area contributed by atoms with Crippen molar-refractivity contribution in [2.75, 3.05) is 13.2 Å². The molecule has 3 rings (SSSR count). The second-order valence-corrected chi connectivity index (χ2v) is 6.26. The summed E-state index contributed by atoms with van der Waals surface area (Å²) in [5, 5.41) is 0. The molecule has 4 nitrogen and oxygen atoms in total. The number of primary amides is 1. The first-order valence-corrected chi connectivity index (χ1v) is 8.11. The Bertz CT molecular complexity index is 572. The van der Waals surface area contributed by atoms with Gasteiger partial charge in [-0.05, 0) is 44.4 Å². The van der Waals surface area contributed by atoms with E-state index < -0.39 is 11.7 Å². The van der Waals surface area contributed by atoms with Crippen LogP contribution in [0, 0.1) is 5.82 Å². The van der Waals surface area contributed by atoms with Crippen molar-refractivity contribution < 1.29 is 13.9 Å². The van der Waals surface area contributed by atoms with Gasteiger partial charge in [0.25, 0.3) is 0 Å². The van der Waals surface area contributed by atoms with Crippen molar-refractivity contribution in [3.05, 3.63) is 29.1 Å². The van der Waals surface area contributed by atoms with Crippen LogP contribution in [0.4, 0.5) is 4.39 Å². The zero-order valence-electron chi connectivity index (χ0n) is 13.0. The second-order valence-electron chi connectivity index (χ2n) is 6.26. The van der Waals surface area contributed by atoms with Gasteiger partial charge in [0, 0.05) is 23.2 Å². The molecule has 0 saturated heterocycles. The van der Waals surface area contributed by atoms with Crippen LogP contribution in [0.15, 0.2) is 12.1 Å². The van der Waals surface area contributed by atoms with Gasteiger partial charge in [-0.15, -0.1) is 0 Å². The lowest BCUT2D eigenvalue weighted by molar-refractivity contribution is 0.0431. The minimum Gasteiger partial charge on any atom is -0.489 e. The van der Waals surface area contributed by atoms with E-state index >= 15 is 0 Å². The third-order valence-corrected chi connectivity index (χ3v) is 4.83. The number of fused-ring (bicyclic) bond motifs is 1. The van der Waals surface area contributed by atoms with E-state index in [9.17, 15) is 9.18 Å². The molecule has 1 aliphatic carbocycles. The average Bonchev–Trinajstić information content (AvgIpc) is 2.44. The summed E-state index contributed by atoms with van der Waals surface area (Å²) in [6, 6.07) is 3.52. The molecule has 0 radical (unpaired) electrons. The minimum absolute atomic E-state index is 0.192. The van der Waals surface area contributed by atoms with Crippen LogP contribution in [0.5, 0.6) is 5.75 Å². The Hall–Kier alpha value is -1.62. The van der Waals surface area contributed by atoms with E-state index in [-0.39, 0.29) is 11.8 Å². The third-order valence-electron chi connectivity index (χ3n) is 4.83. The highest BCUT2D eigenvalue weighted by atomic mass is 19.1. The van der Waals surface area contributed by atoms with Crippen LogP contribution in [0.25, 0.3) is 0 Å². The molecule has 1 aromatic carbocycles. The van der Waals surface area contributed by atoms with Gasteiger partial charge in [-0.25, -0.2) is 4.39 Å². The van der Waals surface area contributed by atoms with Crippen molar-refractivity contribution in [1.82, 2.24) is 4.90 Å². The molecule has 1 heterocycles. The standard InChI is InChI=1S/C17H23FN2O2/c1-2-8-20(11-4-3-5-11)12-9-14-13(17(19)21)6-7-15(18)16(14)22-10-12/h6-7,11-12H,2-5,8-10H2,1H3,(H2,19,21)/t12-/m0/s1. The molecule has 22 heavy (non-hydrogen) atoms. The number of rotatable bonds is 5. The molecule has 5 heteroatoms. The fraction of sp³-hybridized carbons (Fsp3) is 0.588. The van der Waals surface area contributed by atoms with Gasteiger partial charge < -0.3 is 10.5 Å². The zero-order chi connectivity index (χ0) is 15.7. The van der Waals surface area contributed by atoms with Crippen molar-refractivity contribution in [3.63, 3.8) is 0 Å². The van der Waals surface area contributed by atoms with Crippen LogP contribution >= 0.6 is 0 Å². The number of ether oxygens (including phenoxy) is 1. The number of hydrogen-bond donors (Lipinski definition) is 1. The Balaban J connectivity index is 1.88. The monoisotopic (exact) mass is 306 g/mol. The van der Waals surface area contributed by atoms with Gasteiger partial charge in [-0.1, -0.05) is 13.3 Å². The fourth-order valence-corrected chi connectivity index (χ4v) is 3.52. The van der Waals surface area contributed by atoms with Crippen LogP contribution in [0.2, 0.25) is 0 Å². The topological polar surface area (TPSA) is 55.6 Å². The summed E-state index contributed by atoms with van der Waals surface area (Å²) in [7, 11) is 0. The number of carbonyl (C=O) groups excluding carboxylic acids is 1. The number of nitrogens with zero attached hydrogens (tertiary/aromatic N) is 1. The SMILES string of the molecule is CCCN(C1CCC1)[C@@H]1COc2c(F)ccc(C(N)=O)c2C1. The molecule has 1 atom stereocenters. The van der Waals surface area contributed by atoms with E-state index in [4.69, 9.17) is 10.5 Å². The number of benzene rings is 1. The molecule has 2 aliphatic rings. The van der Waals surface area contributed by atoms with Gasteiger partial charge in [0.1, 0.15) is 6.61 Å². The van der Waals surface area contributed by atoms with E-state index in [1.54, 1.807) is 0 Å². The number of amides is 1. The summed E-state index contributed by atoms with van der Waals surface area (Å²) in [6.07, 6.45) is 5.41. The molecule has 1 saturated carbocycles. The van der Waals surface area contributed by atoms with Crippen LogP contribution in [0.1, 0.15) is 48.5 Å². The van der Waals surface area contributed by atoms with Crippen molar-refractivity contribution in [2.45, 2.75) is 51.1 Å². The number of nitrogens with two attached hydrogens (primary N) is 1. The lowest BCUT2D eigenvalue weighted by atomic mass is 9.88. The van der Waals surface area contributed by atoms with Crippen LogP contribution in [-0.4, -0.2) is 36.0 Å². The Morgan fingerprint density at radius 3 is 2.77 bits per heavy atom. The normalized spacial score (nSPS) is 21.1. The van der Waals surface area contributed by atoms with Crippen LogP contribution in [0.3, 0.4) is 0 Å². The van der Waals surface area contributed by atoms with Gasteiger partial charge in [-0.3, -0.25) is 9.69 Å². The average molecular weight is 306 g/mol. The molecule has 0 spiro atoms. The highest BCUT2D eigenvalue weighted by Gasteiger charge is 2.35. The maximum atomic E-state index is 13.9. The third kappa shape index (κ3) is 2.70. The fourth-order valence-electron chi connectivity index (χ4n) is 3.52. The molecule has 1 fully saturated rings. The van der Waals surface area contributed by atoms with Gasteiger partial charge >= 0.3 is 0 Å². The summed E-state index contributed by atoms with van der Waals surface area (Å²) < 4.78 is 19.6. The van der Waals surface area contributed by atoms with E-state index in [1.165, 1.54) is 31.4 Å². The predicted octanol–water partition coefficient (Wildman–Crippen LogP) is 2.49. The molecule has 1 amide bonds. The van der Waals surface area contributed by atoms with Crippen molar-refractivity contribution >= 4 is 5.91 Å². The van der Waals surface area contributed by atoms with Gasteiger partial charge in [0.15, 0.2) is 11.6 Å². The lowest BCUT2D eigenvalue weighted by Crippen LogP contribution is -2.51. The summed E-state index contributed by atoms with van der Waals surface area (Å²) in [4.78, 5) is 14.1. The van der Waals surface area contributed by atoms with Crippen molar-refractivity contribution in [1.29, 1.82) is 0 Å². The summed E-state index contributed by atoms with van der Waals surface area (Å²) in [6.45, 7) is 3.65. The molecule has 120 valence electrons. The molecule has 2 N–H and O–H groups in total. The molecular formula is C17H23FN2O2. The predicted molar refractivity (Wildman–Crippen MR) is 82.5 cm³/mol. The lowest BCUT2D eigenvalue weighted by Gasteiger charge is -2.44. The summed E-state index contributed by atoms with van der Waals surface area (Å²) in [5.74, 6) is -0.729. The molecule has 0 aromatic heterocycles. The van der Waals surface area contributed by atoms with E-state index in [0.717, 1.165) is 13.0 Å². The first-order chi connectivity index (χ1) is 10.6. The second kappa shape index (κ2) is 6.24. The Labute approximate surface area is 130 Å². The zero-order valence-corrected chi connectivity index (χ0v) is 13.0. The Kier molecular flexibility index (Phi) is 4.34. The van der Waals surface area contributed by atoms with Crippen LogP contribution in [-0.2, 0) is 6.42 Å². The first kappa shape index (κ1) is 15.3. The molecular weight excluding hydrogens is 283 g/mol. The van der Waals surface area contributed by atoms with E-state index in [0.29, 0.717) is 30.2 Å². The van der Waals surface area contributed by atoms with Crippen molar-refractivity contribution in [2.24, 2.45) is 5.73 Å².